The standard InChI is InChI=1S/C19H17BrClNO5/c1-26-18(24)14-5-3-4-10-22(17(14)19(25)27-2)15-11-12(20)6-7-13(15)16(23)8-9-21/h3-7,10-11H,8-9H2,1-2H3. The number of allylic oxidation sites excluding steroid dienone is 2. The van der Waals surface area contributed by atoms with Gasteiger partial charge in [-0.25, -0.2) is 9.59 Å². The van der Waals surface area contributed by atoms with E-state index in [1.807, 2.05) is 0 Å². The summed E-state index contributed by atoms with van der Waals surface area (Å²) in [5, 5.41) is 0. The highest BCUT2D eigenvalue weighted by molar-refractivity contribution is 9.10. The number of hydrogen-bond donors (Lipinski definition) is 0. The zero-order chi connectivity index (χ0) is 20.0. The molecule has 0 radical (unpaired) electrons. The maximum atomic E-state index is 12.5. The molecule has 1 aliphatic rings. The lowest BCUT2D eigenvalue weighted by atomic mass is 10.0. The second kappa shape index (κ2) is 9.53. The van der Waals surface area contributed by atoms with E-state index in [1.165, 1.54) is 25.2 Å². The van der Waals surface area contributed by atoms with Crippen LogP contribution in [-0.2, 0) is 19.1 Å². The SMILES string of the molecule is COC(=O)C1=C(C(=O)OC)N(c2cc(Br)ccc2C(=O)CCCl)C=CC=C1. The first-order valence-electron chi connectivity index (χ1n) is 7.88. The molecule has 0 amide bonds. The van der Waals surface area contributed by atoms with Crippen LogP contribution in [-0.4, -0.2) is 37.8 Å². The van der Waals surface area contributed by atoms with Crippen LogP contribution in [0.3, 0.4) is 0 Å². The van der Waals surface area contributed by atoms with E-state index in [1.54, 1.807) is 36.6 Å². The molecule has 0 aromatic heterocycles. The first kappa shape index (κ1) is 20.9. The molecule has 1 heterocycles. The lowest BCUT2D eigenvalue weighted by Crippen LogP contribution is -2.28. The van der Waals surface area contributed by atoms with Crippen molar-refractivity contribution in [2.24, 2.45) is 0 Å². The summed E-state index contributed by atoms with van der Waals surface area (Å²) in [6, 6.07) is 5.02. The molecule has 0 unspecified atom stereocenters. The summed E-state index contributed by atoms with van der Waals surface area (Å²) in [6.45, 7) is 0. The summed E-state index contributed by atoms with van der Waals surface area (Å²) >= 11 is 9.09. The van der Waals surface area contributed by atoms with Crippen molar-refractivity contribution in [3.63, 3.8) is 0 Å². The highest BCUT2D eigenvalue weighted by Gasteiger charge is 2.29. The second-order valence-corrected chi connectivity index (χ2v) is 6.63. The fourth-order valence-corrected chi connectivity index (χ4v) is 3.03. The molecule has 0 saturated carbocycles. The Labute approximate surface area is 170 Å². The maximum Gasteiger partial charge on any atom is 0.355 e. The molecule has 0 spiro atoms. The van der Waals surface area contributed by atoms with E-state index in [0.717, 1.165) is 0 Å². The molecule has 0 N–H and O–H groups in total. The molecule has 142 valence electrons. The topological polar surface area (TPSA) is 72.9 Å². The number of alkyl halides is 1. The predicted octanol–water partition coefficient (Wildman–Crippen LogP) is 3.75. The van der Waals surface area contributed by atoms with E-state index < -0.39 is 11.9 Å². The number of hydrogen-bond acceptors (Lipinski definition) is 6. The summed E-state index contributed by atoms with van der Waals surface area (Å²) in [5.41, 5.74) is 0.703. The van der Waals surface area contributed by atoms with Crippen LogP contribution >= 0.6 is 27.5 Å². The highest BCUT2D eigenvalue weighted by atomic mass is 79.9. The van der Waals surface area contributed by atoms with Gasteiger partial charge in [-0.2, -0.15) is 0 Å². The molecule has 0 saturated heterocycles. The van der Waals surface area contributed by atoms with Crippen molar-refractivity contribution in [2.45, 2.75) is 6.42 Å². The zero-order valence-electron chi connectivity index (χ0n) is 14.7. The van der Waals surface area contributed by atoms with Crippen molar-refractivity contribution in [3.8, 4) is 0 Å². The molecule has 27 heavy (non-hydrogen) atoms. The van der Waals surface area contributed by atoms with E-state index in [0.29, 0.717) is 15.7 Å². The molecule has 0 bridgehead atoms. The fraction of sp³-hybridized carbons (Fsp3) is 0.211. The molecule has 0 atom stereocenters. The Morgan fingerprint density at radius 1 is 1.11 bits per heavy atom. The highest BCUT2D eigenvalue weighted by Crippen LogP contribution is 2.32. The maximum absolute atomic E-state index is 12.5. The quantitative estimate of drug-likeness (QED) is 0.370. The number of nitrogens with zero attached hydrogens (tertiary/aromatic N) is 1. The number of anilines is 1. The average molecular weight is 455 g/mol. The number of ketones is 1. The van der Waals surface area contributed by atoms with Crippen LogP contribution in [0.4, 0.5) is 5.69 Å². The largest absolute Gasteiger partial charge is 0.465 e. The third-order valence-corrected chi connectivity index (χ3v) is 4.41. The number of benzene rings is 1. The third kappa shape index (κ3) is 4.67. The monoisotopic (exact) mass is 453 g/mol. The van der Waals surface area contributed by atoms with Gasteiger partial charge in [-0.1, -0.05) is 22.0 Å². The molecule has 1 aliphatic heterocycles. The van der Waals surface area contributed by atoms with Gasteiger partial charge in [0.1, 0.15) is 5.70 Å². The summed E-state index contributed by atoms with van der Waals surface area (Å²) in [6.07, 6.45) is 6.38. The summed E-state index contributed by atoms with van der Waals surface area (Å²) in [5.74, 6) is -1.48. The average Bonchev–Trinajstić information content (AvgIpc) is 2.89. The molecule has 8 heteroatoms. The van der Waals surface area contributed by atoms with Gasteiger partial charge < -0.3 is 14.4 Å². The number of Topliss-reactive ketones (excluding diaryl/α,β-unsaturated/α-hetero) is 1. The van der Waals surface area contributed by atoms with Gasteiger partial charge in [-0.3, -0.25) is 4.79 Å². The van der Waals surface area contributed by atoms with Crippen molar-refractivity contribution >= 4 is 50.9 Å². The second-order valence-electron chi connectivity index (χ2n) is 5.34. The summed E-state index contributed by atoms with van der Waals surface area (Å²) < 4.78 is 10.3. The molecular weight excluding hydrogens is 438 g/mol. The van der Waals surface area contributed by atoms with Crippen molar-refractivity contribution in [1.29, 1.82) is 0 Å². The van der Waals surface area contributed by atoms with Crippen molar-refractivity contribution < 1.29 is 23.9 Å². The number of carbonyl (C=O) groups excluding carboxylic acids is 3. The Morgan fingerprint density at radius 3 is 2.44 bits per heavy atom. The van der Waals surface area contributed by atoms with Crippen molar-refractivity contribution in [1.82, 2.24) is 0 Å². The van der Waals surface area contributed by atoms with Crippen LogP contribution in [0.15, 0.2) is 58.4 Å². The minimum absolute atomic E-state index is 0.00469. The van der Waals surface area contributed by atoms with E-state index in [9.17, 15) is 14.4 Å². The lowest BCUT2D eigenvalue weighted by molar-refractivity contribution is -0.139. The van der Waals surface area contributed by atoms with Crippen LogP contribution in [0.2, 0.25) is 0 Å². The van der Waals surface area contributed by atoms with Crippen LogP contribution < -0.4 is 4.90 Å². The molecule has 0 aliphatic carbocycles. The summed E-state index contributed by atoms with van der Waals surface area (Å²) in [7, 11) is 2.43. The molecule has 0 fully saturated rings. The van der Waals surface area contributed by atoms with Gasteiger partial charge in [-0.05, 0) is 30.4 Å². The zero-order valence-corrected chi connectivity index (χ0v) is 17.0. The minimum Gasteiger partial charge on any atom is -0.465 e. The number of esters is 2. The molecule has 1 aromatic carbocycles. The van der Waals surface area contributed by atoms with Gasteiger partial charge in [0.15, 0.2) is 5.78 Å². The Bertz CT molecular complexity index is 860. The molecule has 1 aromatic rings. The van der Waals surface area contributed by atoms with Gasteiger partial charge in [0.25, 0.3) is 0 Å². The van der Waals surface area contributed by atoms with Gasteiger partial charge in [0.05, 0.1) is 25.5 Å². The predicted molar refractivity (Wildman–Crippen MR) is 106 cm³/mol. The molecule has 6 nitrogen and oxygen atoms in total. The first-order valence-corrected chi connectivity index (χ1v) is 9.21. The Morgan fingerprint density at radius 2 is 1.81 bits per heavy atom. The number of carbonyl (C=O) groups is 3. The number of halogens is 2. The van der Waals surface area contributed by atoms with E-state index in [-0.39, 0.29) is 29.4 Å². The summed E-state index contributed by atoms with van der Waals surface area (Å²) in [4.78, 5) is 38.7. The first-order chi connectivity index (χ1) is 12.9. The van der Waals surface area contributed by atoms with Crippen LogP contribution in [0, 0.1) is 0 Å². The van der Waals surface area contributed by atoms with Crippen molar-refractivity contribution in [2.75, 3.05) is 25.0 Å². The smallest absolute Gasteiger partial charge is 0.355 e. The van der Waals surface area contributed by atoms with Gasteiger partial charge in [-0.15, -0.1) is 11.6 Å². The fourth-order valence-electron chi connectivity index (χ4n) is 2.51. The van der Waals surface area contributed by atoms with Gasteiger partial charge >= 0.3 is 11.9 Å². The van der Waals surface area contributed by atoms with E-state index >= 15 is 0 Å². The molecule has 2 rings (SSSR count). The number of rotatable bonds is 6. The Balaban J connectivity index is 2.74. The van der Waals surface area contributed by atoms with E-state index in [2.05, 4.69) is 15.9 Å². The Hall–Kier alpha value is -2.38. The third-order valence-electron chi connectivity index (χ3n) is 3.73. The minimum atomic E-state index is -0.748. The van der Waals surface area contributed by atoms with Crippen LogP contribution in [0.1, 0.15) is 16.8 Å². The normalized spacial score (nSPS) is 13.4. The number of methoxy groups -OCH3 is 2. The van der Waals surface area contributed by atoms with Gasteiger partial charge in [0.2, 0.25) is 0 Å². The molecular formula is C19H17BrClNO5. The van der Waals surface area contributed by atoms with E-state index in [4.69, 9.17) is 21.1 Å². The van der Waals surface area contributed by atoms with Gasteiger partial charge in [0, 0.05) is 28.5 Å². The van der Waals surface area contributed by atoms with Crippen LogP contribution in [0.25, 0.3) is 0 Å². The lowest BCUT2D eigenvalue weighted by Gasteiger charge is -2.25. The Kier molecular flexibility index (Phi) is 7.38. The van der Waals surface area contributed by atoms with Crippen LogP contribution in [0.5, 0.6) is 0 Å². The van der Waals surface area contributed by atoms with Crippen molar-refractivity contribution in [3.05, 3.63) is 63.9 Å². The number of ether oxygens (including phenoxy) is 2.